The fourth-order valence-corrected chi connectivity index (χ4v) is 1.11. The highest BCUT2D eigenvalue weighted by molar-refractivity contribution is 4.71. The van der Waals surface area contributed by atoms with E-state index in [0.717, 1.165) is 19.4 Å². The summed E-state index contributed by atoms with van der Waals surface area (Å²) in [5.41, 5.74) is 11.3. The number of hydrogen-bond acceptors (Lipinski definition) is 2. The first-order valence-corrected chi connectivity index (χ1v) is 4.55. The summed E-state index contributed by atoms with van der Waals surface area (Å²) < 4.78 is 0. The minimum absolute atomic E-state index is 0.332. The molecule has 0 amide bonds. The molecule has 2 heteroatoms. The van der Waals surface area contributed by atoms with Crippen LogP contribution in [0, 0.1) is 11.8 Å². The second-order valence-corrected chi connectivity index (χ2v) is 3.70. The Kier molecular flexibility index (Phi) is 5.51. The molecule has 11 heavy (non-hydrogen) atoms. The van der Waals surface area contributed by atoms with E-state index >= 15 is 0 Å². The lowest BCUT2D eigenvalue weighted by atomic mass is 9.88. The zero-order valence-corrected chi connectivity index (χ0v) is 8.01. The molecule has 0 saturated heterocycles. The molecular weight excluding hydrogens is 136 g/mol. The Morgan fingerprint density at radius 2 is 1.73 bits per heavy atom. The van der Waals surface area contributed by atoms with Gasteiger partial charge in [0.05, 0.1) is 0 Å². The summed E-state index contributed by atoms with van der Waals surface area (Å²) in [6.07, 6.45) is 2.12. The lowest BCUT2D eigenvalue weighted by Crippen LogP contribution is -2.31. The molecule has 0 aliphatic rings. The van der Waals surface area contributed by atoms with Gasteiger partial charge in [-0.2, -0.15) is 0 Å². The first-order chi connectivity index (χ1) is 5.09. The fraction of sp³-hybridized carbons (Fsp3) is 1.00. The first kappa shape index (κ1) is 10.9. The van der Waals surface area contributed by atoms with Gasteiger partial charge in [0.15, 0.2) is 0 Å². The Morgan fingerprint density at radius 1 is 1.18 bits per heavy atom. The van der Waals surface area contributed by atoms with Crippen LogP contribution in [0.1, 0.15) is 33.6 Å². The molecule has 68 valence electrons. The van der Waals surface area contributed by atoms with Crippen LogP contribution in [0.5, 0.6) is 0 Å². The second-order valence-electron chi connectivity index (χ2n) is 3.70. The normalized spacial score (nSPS) is 16.9. The number of hydrogen-bond donors (Lipinski definition) is 2. The molecule has 0 aromatic rings. The van der Waals surface area contributed by atoms with E-state index in [1.807, 2.05) is 0 Å². The fourth-order valence-electron chi connectivity index (χ4n) is 1.11. The van der Waals surface area contributed by atoms with Gasteiger partial charge >= 0.3 is 0 Å². The minimum atomic E-state index is 0.332. The zero-order chi connectivity index (χ0) is 8.85. The third-order valence-corrected chi connectivity index (χ3v) is 2.47. The predicted molar refractivity (Wildman–Crippen MR) is 50.3 cm³/mol. The van der Waals surface area contributed by atoms with Crippen LogP contribution in [-0.2, 0) is 0 Å². The van der Waals surface area contributed by atoms with Gasteiger partial charge in [0, 0.05) is 6.04 Å². The van der Waals surface area contributed by atoms with Crippen molar-refractivity contribution in [2.75, 3.05) is 6.54 Å². The average molecular weight is 158 g/mol. The minimum Gasteiger partial charge on any atom is -0.330 e. The Morgan fingerprint density at radius 3 is 2.09 bits per heavy atom. The van der Waals surface area contributed by atoms with Crippen LogP contribution in [-0.4, -0.2) is 12.6 Å². The van der Waals surface area contributed by atoms with Gasteiger partial charge in [-0.15, -0.1) is 0 Å². The summed E-state index contributed by atoms with van der Waals surface area (Å²) >= 11 is 0. The van der Waals surface area contributed by atoms with Crippen LogP contribution in [0.4, 0.5) is 0 Å². The maximum atomic E-state index is 5.95. The van der Waals surface area contributed by atoms with Gasteiger partial charge in [0.1, 0.15) is 0 Å². The van der Waals surface area contributed by atoms with Crippen molar-refractivity contribution in [3.05, 3.63) is 0 Å². The van der Waals surface area contributed by atoms with Crippen LogP contribution >= 0.6 is 0 Å². The smallest absolute Gasteiger partial charge is 0.00674 e. The van der Waals surface area contributed by atoms with E-state index in [4.69, 9.17) is 11.5 Å². The molecule has 0 fully saturated rings. The van der Waals surface area contributed by atoms with Crippen LogP contribution in [0.3, 0.4) is 0 Å². The van der Waals surface area contributed by atoms with Gasteiger partial charge in [0.25, 0.3) is 0 Å². The van der Waals surface area contributed by atoms with Gasteiger partial charge < -0.3 is 11.5 Å². The molecule has 1 unspecified atom stereocenters. The highest BCUT2D eigenvalue weighted by Crippen LogP contribution is 2.15. The van der Waals surface area contributed by atoms with Crippen LogP contribution in [0.25, 0.3) is 0 Å². The van der Waals surface area contributed by atoms with E-state index in [9.17, 15) is 0 Å². The summed E-state index contributed by atoms with van der Waals surface area (Å²) in [6.45, 7) is 7.41. The largest absolute Gasteiger partial charge is 0.330 e. The summed E-state index contributed by atoms with van der Waals surface area (Å²) in [5, 5.41) is 0. The predicted octanol–water partition coefficient (Wildman–Crippen LogP) is 1.34. The monoisotopic (exact) mass is 158 g/mol. The molecule has 0 radical (unpaired) electrons. The van der Waals surface area contributed by atoms with E-state index in [1.54, 1.807) is 0 Å². The van der Waals surface area contributed by atoms with Crippen molar-refractivity contribution < 1.29 is 0 Å². The van der Waals surface area contributed by atoms with Gasteiger partial charge in [-0.25, -0.2) is 0 Å². The van der Waals surface area contributed by atoms with E-state index in [2.05, 4.69) is 20.8 Å². The third-order valence-electron chi connectivity index (χ3n) is 2.47. The quantitative estimate of drug-likeness (QED) is 0.634. The second kappa shape index (κ2) is 5.56. The van der Waals surface area contributed by atoms with Gasteiger partial charge in [0.2, 0.25) is 0 Å². The van der Waals surface area contributed by atoms with E-state index in [1.165, 1.54) is 0 Å². The Balaban J connectivity index is 3.55. The average Bonchev–Trinajstić information content (AvgIpc) is 1.98. The maximum Gasteiger partial charge on any atom is 0.00674 e. The van der Waals surface area contributed by atoms with Gasteiger partial charge in [-0.3, -0.25) is 0 Å². The third kappa shape index (κ3) is 4.38. The van der Waals surface area contributed by atoms with Crippen molar-refractivity contribution in [1.82, 2.24) is 0 Å². The van der Waals surface area contributed by atoms with Gasteiger partial charge in [-0.05, 0) is 31.2 Å². The first-order valence-electron chi connectivity index (χ1n) is 4.55. The lowest BCUT2D eigenvalue weighted by Gasteiger charge is -2.22. The standard InChI is InChI=1S/C9H22N2/c1-7(2)8(3)9(11)5-4-6-10/h7-9H,4-6,10-11H2,1-3H3/t8?,9-/m0/s1. The topological polar surface area (TPSA) is 52.0 Å². The molecule has 0 aromatic carbocycles. The molecule has 0 bridgehead atoms. The molecule has 0 aliphatic heterocycles. The summed E-state index contributed by atoms with van der Waals surface area (Å²) in [6, 6.07) is 0.332. The number of nitrogens with two attached hydrogens (primary N) is 2. The SMILES string of the molecule is CC(C)C(C)[C@@H](N)CCCN. The van der Waals surface area contributed by atoms with Crippen molar-refractivity contribution in [2.45, 2.75) is 39.7 Å². The van der Waals surface area contributed by atoms with Crippen LogP contribution < -0.4 is 11.5 Å². The maximum absolute atomic E-state index is 5.95. The van der Waals surface area contributed by atoms with Crippen molar-refractivity contribution in [3.63, 3.8) is 0 Å². The molecule has 0 heterocycles. The summed E-state index contributed by atoms with van der Waals surface area (Å²) in [4.78, 5) is 0. The highest BCUT2D eigenvalue weighted by Gasteiger charge is 2.14. The van der Waals surface area contributed by atoms with Crippen molar-refractivity contribution in [2.24, 2.45) is 23.3 Å². The van der Waals surface area contributed by atoms with Crippen molar-refractivity contribution in [3.8, 4) is 0 Å². The Bertz CT molecular complexity index is 91.6. The lowest BCUT2D eigenvalue weighted by molar-refractivity contribution is 0.329. The van der Waals surface area contributed by atoms with Crippen molar-refractivity contribution in [1.29, 1.82) is 0 Å². The molecule has 0 saturated carbocycles. The molecule has 2 atom stereocenters. The highest BCUT2D eigenvalue weighted by atomic mass is 14.6. The van der Waals surface area contributed by atoms with Crippen LogP contribution in [0.2, 0.25) is 0 Å². The zero-order valence-electron chi connectivity index (χ0n) is 8.01. The molecule has 2 nitrogen and oxygen atoms in total. The van der Waals surface area contributed by atoms with E-state index < -0.39 is 0 Å². The molecule has 0 spiro atoms. The van der Waals surface area contributed by atoms with Crippen LogP contribution in [0.15, 0.2) is 0 Å². The Labute approximate surface area is 70.3 Å². The van der Waals surface area contributed by atoms with Crippen molar-refractivity contribution >= 4 is 0 Å². The van der Waals surface area contributed by atoms with E-state index in [-0.39, 0.29) is 0 Å². The molecule has 4 N–H and O–H groups in total. The summed E-state index contributed by atoms with van der Waals surface area (Å²) in [5.74, 6) is 1.30. The molecule has 0 rings (SSSR count). The summed E-state index contributed by atoms with van der Waals surface area (Å²) in [7, 11) is 0. The van der Waals surface area contributed by atoms with Gasteiger partial charge in [-0.1, -0.05) is 20.8 Å². The molecule has 0 aromatic heterocycles. The number of rotatable bonds is 5. The van der Waals surface area contributed by atoms with E-state index in [0.29, 0.717) is 17.9 Å². The Hall–Kier alpha value is -0.0800. The molecule has 0 aliphatic carbocycles. The molecular formula is C9H22N2.